The Morgan fingerprint density at radius 3 is 2.43 bits per heavy atom. The summed E-state index contributed by atoms with van der Waals surface area (Å²) in [5.74, 6) is 0.191. The van der Waals surface area contributed by atoms with E-state index in [0.717, 1.165) is 21.5 Å². The van der Waals surface area contributed by atoms with Crippen LogP contribution in [0, 0.1) is 19.8 Å². The summed E-state index contributed by atoms with van der Waals surface area (Å²) in [6, 6.07) is 7.41. The van der Waals surface area contributed by atoms with Crippen LogP contribution < -0.4 is 11.1 Å². The quantitative estimate of drug-likeness (QED) is 0.809. The van der Waals surface area contributed by atoms with Gasteiger partial charge in [-0.2, -0.15) is 5.10 Å². The highest BCUT2D eigenvalue weighted by atomic mass is 79.9. The lowest BCUT2D eigenvalue weighted by atomic mass is 10.1. The van der Waals surface area contributed by atoms with Gasteiger partial charge in [-0.05, 0) is 66.5 Å². The van der Waals surface area contributed by atoms with E-state index in [0.29, 0.717) is 18.7 Å². The summed E-state index contributed by atoms with van der Waals surface area (Å²) in [5, 5.41) is 7.37. The first-order valence-electron chi connectivity index (χ1n) is 7.24. The predicted octanol–water partition coefficient (Wildman–Crippen LogP) is 3.00. The number of carbonyl (C=O) groups excluding carboxylic acids is 1. The smallest absolute Gasteiger partial charge is 0.251 e. The number of nitrogens with one attached hydrogen (secondary N) is 1. The van der Waals surface area contributed by atoms with Crippen molar-refractivity contribution in [3.8, 4) is 5.69 Å². The number of nitrogens with two attached hydrogens (primary N) is 1. The van der Waals surface area contributed by atoms with Crippen molar-refractivity contribution >= 4 is 34.2 Å². The van der Waals surface area contributed by atoms with Crippen molar-refractivity contribution in [1.82, 2.24) is 15.1 Å². The molecule has 0 radical (unpaired) electrons. The van der Waals surface area contributed by atoms with Gasteiger partial charge in [0.05, 0.1) is 21.5 Å². The van der Waals surface area contributed by atoms with Crippen LogP contribution in [-0.4, -0.2) is 28.8 Å². The molecule has 3 N–H and O–H groups in total. The highest BCUT2D eigenvalue weighted by Gasteiger charge is 2.11. The Balaban J connectivity index is 0.00000264. The van der Waals surface area contributed by atoms with Crippen molar-refractivity contribution in [3.63, 3.8) is 0 Å². The van der Waals surface area contributed by atoms with Gasteiger partial charge in [0.2, 0.25) is 0 Å². The Morgan fingerprint density at radius 1 is 1.35 bits per heavy atom. The predicted molar refractivity (Wildman–Crippen MR) is 98.5 cm³/mol. The van der Waals surface area contributed by atoms with Crippen molar-refractivity contribution in [2.24, 2.45) is 11.7 Å². The van der Waals surface area contributed by atoms with Gasteiger partial charge < -0.3 is 11.1 Å². The lowest BCUT2D eigenvalue weighted by Crippen LogP contribution is -2.31. The van der Waals surface area contributed by atoms with Crippen LogP contribution in [0.4, 0.5) is 0 Å². The van der Waals surface area contributed by atoms with Crippen LogP contribution in [0.3, 0.4) is 0 Å². The van der Waals surface area contributed by atoms with E-state index in [2.05, 4.69) is 26.3 Å². The molecule has 0 fully saturated rings. The van der Waals surface area contributed by atoms with Crippen molar-refractivity contribution in [3.05, 3.63) is 45.7 Å². The zero-order valence-corrected chi connectivity index (χ0v) is 15.9. The maximum Gasteiger partial charge on any atom is 0.251 e. The van der Waals surface area contributed by atoms with Crippen LogP contribution in [-0.2, 0) is 0 Å². The molecule has 2 rings (SSSR count). The van der Waals surface area contributed by atoms with Gasteiger partial charge in [-0.3, -0.25) is 4.79 Å². The van der Waals surface area contributed by atoms with Gasteiger partial charge in [0, 0.05) is 12.1 Å². The average molecular weight is 402 g/mol. The first-order valence-corrected chi connectivity index (χ1v) is 8.03. The molecule has 1 amide bonds. The van der Waals surface area contributed by atoms with Crippen molar-refractivity contribution in [2.75, 3.05) is 13.1 Å². The van der Waals surface area contributed by atoms with Crippen LogP contribution in [0.2, 0.25) is 0 Å². The first-order chi connectivity index (χ1) is 10.4. The van der Waals surface area contributed by atoms with Crippen molar-refractivity contribution in [2.45, 2.75) is 20.8 Å². The van der Waals surface area contributed by atoms with E-state index in [1.54, 1.807) is 0 Å². The lowest BCUT2D eigenvalue weighted by Gasteiger charge is -2.10. The minimum absolute atomic E-state index is 0. The number of rotatable bonds is 5. The number of hydrogen-bond donors (Lipinski definition) is 2. The number of halogens is 2. The number of nitrogens with zero attached hydrogens (tertiary/aromatic N) is 2. The summed E-state index contributed by atoms with van der Waals surface area (Å²) in [4.78, 5) is 12.1. The Morgan fingerprint density at radius 2 is 1.96 bits per heavy atom. The minimum Gasteiger partial charge on any atom is -0.352 e. The highest BCUT2D eigenvalue weighted by molar-refractivity contribution is 9.10. The molecule has 0 bridgehead atoms. The monoisotopic (exact) mass is 400 g/mol. The molecule has 0 saturated carbocycles. The summed E-state index contributed by atoms with van der Waals surface area (Å²) in [6.07, 6.45) is 0. The highest BCUT2D eigenvalue weighted by Crippen LogP contribution is 2.23. The fourth-order valence-corrected chi connectivity index (χ4v) is 2.33. The van der Waals surface area contributed by atoms with E-state index in [-0.39, 0.29) is 24.2 Å². The van der Waals surface area contributed by atoms with Gasteiger partial charge >= 0.3 is 0 Å². The van der Waals surface area contributed by atoms with Crippen LogP contribution in [0.25, 0.3) is 5.69 Å². The molecule has 7 heteroatoms. The SMILES string of the molecule is Cc1nn(-c2ccc(C(=O)NCC(C)CN)cc2)c(C)c1Br.Cl. The molecule has 1 aromatic heterocycles. The average Bonchev–Trinajstić information content (AvgIpc) is 2.80. The fraction of sp³-hybridized carbons (Fsp3) is 0.375. The van der Waals surface area contributed by atoms with E-state index < -0.39 is 0 Å². The summed E-state index contributed by atoms with van der Waals surface area (Å²) >= 11 is 3.52. The molecule has 0 aliphatic heterocycles. The number of carbonyl (C=O) groups is 1. The second-order valence-corrected chi connectivity index (χ2v) is 6.29. The van der Waals surface area contributed by atoms with Crippen LogP contribution in [0.1, 0.15) is 28.7 Å². The van der Waals surface area contributed by atoms with Crippen LogP contribution in [0.15, 0.2) is 28.7 Å². The Labute approximate surface area is 151 Å². The van der Waals surface area contributed by atoms with Gasteiger partial charge in [0.1, 0.15) is 0 Å². The molecule has 0 aliphatic rings. The normalized spacial score (nSPS) is 11.7. The zero-order valence-electron chi connectivity index (χ0n) is 13.5. The third kappa shape index (κ3) is 4.56. The largest absolute Gasteiger partial charge is 0.352 e. The molecule has 0 spiro atoms. The molecule has 23 heavy (non-hydrogen) atoms. The summed E-state index contributed by atoms with van der Waals surface area (Å²) in [6.45, 7) is 7.10. The number of benzene rings is 1. The van der Waals surface area contributed by atoms with Gasteiger partial charge in [-0.25, -0.2) is 4.68 Å². The molecule has 1 heterocycles. The number of aryl methyl sites for hydroxylation is 1. The molecule has 5 nitrogen and oxygen atoms in total. The van der Waals surface area contributed by atoms with Gasteiger partial charge in [-0.1, -0.05) is 6.92 Å². The molecular formula is C16H22BrClN4O. The van der Waals surface area contributed by atoms with Gasteiger partial charge in [0.15, 0.2) is 0 Å². The number of amides is 1. The van der Waals surface area contributed by atoms with Gasteiger partial charge in [-0.15, -0.1) is 12.4 Å². The number of aromatic nitrogens is 2. The molecule has 1 unspecified atom stereocenters. The number of hydrogen-bond acceptors (Lipinski definition) is 3. The molecule has 126 valence electrons. The minimum atomic E-state index is -0.0820. The molecule has 1 aromatic carbocycles. The topological polar surface area (TPSA) is 72.9 Å². The Kier molecular flexibility index (Phi) is 7.25. The standard InChI is InChI=1S/C16H21BrN4O.ClH/c1-10(8-18)9-19-16(22)13-4-6-14(7-5-13)21-12(3)15(17)11(2)20-21;/h4-7,10H,8-9,18H2,1-3H3,(H,19,22);1H. The molecule has 0 saturated heterocycles. The van der Waals surface area contributed by atoms with Crippen LogP contribution >= 0.6 is 28.3 Å². The fourth-order valence-electron chi connectivity index (χ4n) is 2.08. The Bertz CT molecular complexity index is 669. The molecular weight excluding hydrogens is 380 g/mol. The summed E-state index contributed by atoms with van der Waals surface area (Å²) in [5.41, 5.74) is 9.08. The summed E-state index contributed by atoms with van der Waals surface area (Å²) < 4.78 is 2.86. The maximum absolute atomic E-state index is 12.1. The van der Waals surface area contributed by atoms with Crippen molar-refractivity contribution in [1.29, 1.82) is 0 Å². The Hall–Kier alpha value is -1.37. The third-order valence-electron chi connectivity index (χ3n) is 3.59. The third-order valence-corrected chi connectivity index (χ3v) is 4.74. The summed E-state index contributed by atoms with van der Waals surface area (Å²) in [7, 11) is 0. The molecule has 1 atom stereocenters. The van der Waals surface area contributed by atoms with E-state index in [1.165, 1.54) is 0 Å². The second-order valence-electron chi connectivity index (χ2n) is 5.49. The molecule has 0 aliphatic carbocycles. The van der Waals surface area contributed by atoms with E-state index >= 15 is 0 Å². The van der Waals surface area contributed by atoms with E-state index in [9.17, 15) is 4.79 Å². The lowest BCUT2D eigenvalue weighted by molar-refractivity contribution is 0.0948. The van der Waals surface area contributed by atoms with Gasteiger partial charge in [0.25, 0.3) is 5.91 Å². The van der Waals surface area contributed by atoms with Crippen molar-refractivity contribution < 1.29 is 4.79 Å². The second kappa shape index (κ2) is 8.47. The first kappa shape index (κ1) is 19.7. The maximum atomic E-state index is 12.1. The van der Waals surface area contributed by atoms with E-state index in [1.807, 2.05) is 49.7 Å². The van der Waals surface area contributed by atoms with E-state index in [4.69, 9.17) is 5.73 Å². The molecule has 2 aromatic rings. The zero-order chi connectivity index (χ0) is 16.3. The van der Waals surface area contributed by atoms with Crippen LogP contribution in [0.5, 0.6) is 0 Å².